The normalized spacial score (nSPS) is 18.8. The van der Waals surface area contributed by atoms with Crippen molar-refractivity contribution in [2.45, 2.75) is 168 Å². The Morgan fingerprint density at radius 3 is 0.917 bits per heavy atom. The van der Waals surface area contributed by atoms with Gasteiger partial charge in [0, 0.05) is 13.2 Å². The van der Waals surface area contributed by atoms with Crippen molar-refractivity contribution >= 4 is 33.3 Å². The summed E-state index contributed by atoms with van der Waals surface area (Å²) in [5.41, 5.74) is 0. The Labute approximate surface area is 306 Å². The van der Waals surface area contributed by atoms with Gasteiger partial charge >= 0.3 is 0 Å². The summed E-state index contributed by atoms with van der Waals surface area (Å²) >= 11 is 0. The highest BCUT2D eigenvalue weighted by Crippen LogP contribution is 2.40. The zero-order valence-electron chi connectivity index (χ0n) is 35.9. The van der Waals surface area contributed by atoms with E-state index in [-0.39, 0.29) is 10.1 Å². The molecule has 1 aliphatic carbocycles. The third-order valence-corrected chi connectivity index (χ3v) is 29.6. The quantitative estimate of drug-likeness (QED) is 0.107. The zero-order valence-corrected chi connectivity index (χ0v) is 39.9. The molecule has 0 radical (unpaired) electrons. The fourth-order valence-electron chi connectivity index (χ4n) is 3.49. The molecule has 0 saturated carbocycles. The third kappa shape index (κ3) is 18.2. The van der Waals surface area contributed by atoms with Crippen molar-refractivity contribution in [1.29, 1.82) is 0 Å². The summed E-state index contributed by atoms with van der Waals surface area (Å²) in [6.45, 7) is 55.1. The molecule has 1 rings (SSSR count). The summed E-state index contributed by atoms with van der Waals surface area (Å²) in [4.78, 5) is 0. The Morgan fingerprint density at radius 2 is 0.708 bits per heavy atom. The molecule has 0 fully saturated rings. The molecular weight excluding hydrogens is 657 g/mol. The number of allylic oxidation sites excluding steroid dienone is 2. The molecule has 0 saturated heterocycles. The lowest BCUT2D eigenvalue weighted by atomic mass is 9.90. The maximum absolute atomic E-state index is 6.39. The lowest BCUT2D eigenvalue weighted by Gasteiger charge is -2.38. The summed E-state index contributed by atoms with van der Waals surface area (Å²) in [6.07, 6.45) is 15.5. The van der Waals surface area contributed by atoms with Crippen molar-refractivity contribution in [2.24, 2.45) is 11.8 Å². The standard InChI is InChI=1S/C20H42O2Si2.C18H38O2Si2.C2H4/c1-19(2,3)23(7,8)21-15-17-11-13-18(14-12-17)16-22-24(9,10)20(4,5)6;1-17(2,3)21(7,8)19-15-13-11-12-14-16-20-22(9,10)18(4,5)6;1-2/h11,13,17-18H,12,14-16H2,1-10H3;11-14H,15-16H2,1-10H3;1-2H2/b;13-11+,14-12+;/t17-,18+;;. The third-order valence-electron chi connectivity index (χ3n) is 11.6. The molecule has 48 heavy (non-hydrogen) atoms. The van der Waals surface area contributed by atoms with Gasteiger partial charge in [0.1, 0.15) is 0 Å². The van der Waals surface area contributed by atoms with Crippen molar-refractivity contribution in [3.05, 3.63) is 49.6 Å². The van der Waals surface area contributed by atoms with Gasteiger partial charge in [-0.25, -0.2) is 0 Å². The largest absolute Gasteiger partial charge is 0.416 e. The van der Waals surface area contributed by atoms with Crippen LogP contribution in [0.25, 0.3) is 0 Å². The number of rotatable bonds is 13. The van der Waals surface area contributed by atoms with Crippen LogP contribution in [0.2, 0.25) is 72.5 Å². The zero-order chi connectivity index (χ0) is 38.5. The molecule has 0 bridgehead atoms. The van der Waals surface area contributed by atoms with E-state index in [9.17, 15) is 0 Å². The topological polar surface area (TPSA) is 36.9 Å². The van der Waals surface area contributed by atoms with Crippen molar-refractivity contribution in [2.75, 3.05) is 26.4 Å². The van der Waals surface area contributed by atoms with Gasteiger partial charge in [-0.2, -0.15) is 0 Å². The first kappa shape index (κ1) is 49.8. The molecule has 0 amide bonds. The van der Waals surface area contributed by atoms with E-state index >= 15 is 0 Å². The van der Waals surface area contributed by atoms with Crippen LogP contribution in [0.4, 0.5) is 0 Å². The van der Waals surface area contributed by atoms with Crippen LogP contribution in [0, 0.1) is 11.8 Å². The smallest absolute Gasteiger partial charge is 0.192 e. The van der Waals surface area contributed by atoms with Gasteiger partial charge in [0.2, 0.25) is 0 Å². The highest BCUT2D eigenvalue weighted by atomic mass is 28.4. The van der Waals surface area contributed by atoms with Crippen LogP contribution in [0.3, 0.4) is 0 Å². The minimum atomic E-state index is -1.62. The maximum atomic E-state index is 6.39. The van der Waals surface area contributed by atoms with Gasteiger partial charge in [-0.3, -0.25) is 0 Å². The monoisotopic (exact) mass is 741 g/mol. The summed E-state index contributed by atoms with van der Waals surface area (Å²) in [6, 6.07) is 0. The molecule has 2 atom stereocenters. The molecule has 4 nitrogen and oxygen atoms in total. The van der Waals surface area contributed by atoms with E-state index in [1.54, 1.807) is 0 Å². The van der Waals surface area contributed by atoms with Crippen molar-refractivity contribution in [1.82, 2.24) is 0 Å². The lowest BCUT2D eigenvalue weighted by Crippen LogP contribution is -2.42. The van der Waals surface area contributed by atoms with E-state index in [2.05, 4.69) is 185 Å². The van der Waals surface area contributed by atoms with Crippen LogP contribution in [0.1, 0.15) is 95.9 Å². The Balaban J connectivity index is 0. The average Bonchev–Trinajstić information content (AvgIpc) is 2.92. The van der Waals surface area contributed by atoms with E-state index < -0.39 is 33.3 Å². The summed E-state index contributed by atoms with van der Waals surface area (Å²) < 4.78 is 25.0. The van der Waals surface area contributed by atoms with Gasteiger partial charge in [0.25, 0.3) is 0 Å². The summed E-state index contributed by atoms with van der Waals surface area (Å²) in [7, 11) is -6.48. The summed E-state index contributed by atoms with van der Waals surface area (Å²) in [5, 5.41) is 1.14. The number of hydrogen-bond acceptors (Lipinski definition) is 4. The predicted molar refractivity (Wildman–Crippen MR) is 227 cm³/mol. The van der Waals surface area contributed by atoms with E-state index in [1.165, 1.54) is 12.8 Å². The first-order valence-electron chi connectivity index (χ1n) is 18.4. The lowest BCUT2D eigenvalue weighted by molar-refractivity contribution is 0.208. The van der Waals surface area contributed by atoms with Crippen LogP contribution in [-0.4, -0.2) is 59.7 Å². The first-order valence-corrected chi connectivity index (χ1v) is 30.1. The maximum Gasteiger partial charge on any atom is 0.192 e. The first-order chi connectivity index (χ1) is 21.4. The van der Waals surface area contributed by atoms with E-state index in [0.717, 1.165) is 13.2 Å². The van der Waals surface area contributed by atoms with Crippen LogP contribution in [0.15, 0.2) is 49.6 Å². The second-order valence-corrected chi connectivity index (χ2v) is 38.9. The van der Waals surface area contributed by atoms with Crippen LogP contribution in [0.5, 0.6) is 0 Å². The SMILES string of the molecule is C=C.CC(C)(C)[Si](C)(C)OC/C=C/C=C/CO[Si](C)(C)C(C)(C)C.CC(C)(C)[Si](C)(C)OC[C@@H]1C=C[C@H](CO[Si](C)(C)C(C)(C)C)CC1. The van der Waals surface area contributed by atoms with Gasteiger partial charge in [0.15, 0.2) is 33.3 Å². The minimum Gasteiger partial charge on any atom is -0.416 e. The molecule has 0 aromatic carbocycles. The van der Waals surface area contributed by atoms with Crippen molar-refractivity contribution < 1.29 is 17.7 Å². The Morgan fingerprint density at radius 1 is 0.479 bits per heavy atom. The molecule has 0 aliphatic heterocycles. The summed E-state index contributed by atoms with van der Waals surface area (Å²) in [5.74, 6) is 1.17. The minimum absolute atomic E-state index is 0.272. The molecule has 0 heterocycles. The Bertz CT molecular complexity index is 907. The fraction of sp³-hybridized carbons (Fsp3) is 0.800. The van der Waals surface area contributed by atoms with Crippen molar-refractivity contribution in [3.8, 4) is 0 Å². The second-order valence-electron chi connectivity index (χ2n) is 19.6. The molecular formula is C40H84O4Si4. The van der Waals surface area contributed by atoms with Gasteiger partial charge in [-0.1, -0.05) is 120 Å². The molecule has 8 heteroatoms. The molecule has 1 aliphatic rings. The van der Waals surface area contributed by atoms with Gasteiger partial charge in [0.05, 0.1) is 13.2 Å². The predicted octanol–water partition coefficient (Wildman–Crippen LogP) is 13.6. The van der Waals surface area contributed by atoms with Crippen LogP contribution < -0.4 is 0 Å². The Hall–Kier alpha value is -0.332. The van der Waals surface area contributed by atoms with Crippen LogP contribution in [-0.2, 0) is 17.7 Å². The molecule has 0 aromatic rings. The molecule has 0 N–H and O–H groups in total. The molecule has 0 aromatic heterocycles. The second kappa shape index (κ2) is 20.1. The highest BCUT2D eigenvalue weighted by molar-refractivity contribution is 6.75. The van der Waals surface area contributed by atoms with Gasteiger partial charge in [-0.15, -0.1) is 13.2 Å². The van der Waals surface area contributed by atoms with E-state index in [0.29, 0.717) is 35.1 Å². The van der Waals surface area contributed by atoms with E-state index in [4.69, 9.17) is 17.7 Å². The highest BCUT2D eigenvalue weighted by Gasteiger charge is 2.40. The van der Waals surface area contributed by atoms with E-state index in [1.807, 2.05) is 0 Å². The Kier molecular flexibility index (Phi) is 20.8. The molecule has 0 unspecified atom stereocenters. The average molecular weight is 741 g/mol. The van der Waals surface area contributed by atoms with Crippen LogP contribution >= 0.6 is 0 Å². The fourth-order valence-corrected chi connectivity index (χ4v) is 7.51. The van der Waals surface area contributed by atoms with Gasteiger partial charge in [-0.05, 0) is 97.2 Å². The van der Waals surface area contributed by atoms with Gasteiger partial charge < -0.3 is 17.7 Å². The molecule has 284 valence electrons. The van der Waals surface area contributed by atoms with Crippen molar-refractivity contribution in [3.63, 3.8) is 0 Å². The number of hydrogen-bond donors (Lipinski definition) is 0. The molecule has 0 spiro atoms.